The van der Waals surface area contributed by atoms with Crippen LogP contribution in [0, 0.1) is 5.92 Å². The highest BCUT2D eigenvalue weighted by atomic mass is 32.2. The maximum absolute atomic E-state index is 13.0. The number of hydrogen-bond donors (Lipinski definition) is 1. The zero-order chi connectivity index (χ0) is 23.6. The maximum Gasteiger partial charge on any atom is 0.227 e. The topological polar surface area (TPSA) is 95.3 Å². The van der Waals surface area contributed by atoms with Gasteiger partial charge in [-0.2, -0.15) is 4.98 Å². The van der Waals surface area contributed by atoms with Gasteiger partial charge in [-0.25, -0.2) is 15.0 Å². The zero-order valence-corrected chi connectivity index (χ0v) is 20.8. The summed E-state index contributed by atoms with van der Waals surface area (Å²) in [5.41, 5.74) is 3.36. The third-order valence-corrected chi connectivity index (χ3v) is 10.3. The summed E-state index contributed by atoms with van der Waals surface area (Å²) in [4.78, 5) is 24.7. The van der Waals surface area contributed by atoms with Crippen LogP contribution in [0.2, 0.25) is 0 Å². The predicted octanol–water partition coefficient (Wildman–Crippen LogP) is 2.84. The summed E-state index contributed by atoms with van der Waals surface area (Å²) in [6.07, 6.45) is 14.6. The van der Waals surface area contributed by atoms with Crippen molar-refractivity contribution in [3.05, 3.63) is 35.6 Å². The number of rotatable bonds is 5. The molecular weight excluding hydrogens is 460 g/mol. The smallest absolute Gasteiger partial charge is 0.227 e. The zero-order valence-electron chi connectivity index (χ0n) is 20.0. The molecule has 184 valence electrons. The van der Waals surface area contributed by atoms with Crippen LogP contribution in [0.15, 0.2) is 23.4 Å². The summed E-state index contributed by atoms with van der Waals surface area (Å²) in [5, 5.41) is 10.1. The minimum absolute atomic E-state index is 0.0279. The summed E-state index contributed by atoms with van der Waals surface area (Å²) in [6.45, 7) is 2.60. The van der Waals surface area contributed by atoms with E-state index in [0.717, 1.165) is 79.9 Å². The van der Waals surface area contributed by atoms with Crippen molar-refractivity contribution in [3.63, 3.8) is 0 Å². The summed E-state index contributed by atoms with van der Waals surface area (Å²) in [6, 6.07) is 0. The van der Waals surface area contributed by atoms with Crippen LogP contribution < -0.4 is 9.80 Å². The van der Waals surface area contributed by atoms with Crippen molar-refractivity contribution in [3.8, 4) is 0 Å². The molecule has 1 spiro atoms. The molecule has 3 fully saturated rings. The Labute approximate surface area is 208 Å². The molecule has 2 aromatic rings. The second kappa shape index (κ2) is 8.34. The Kier molecular flexibility index (Phi) is 5.21. The third kappa shape index (κ3) is 3.53. The Morgan fingerprint density at radius 1 is 1.09 bits per heavy atom. The quantitative estimate of drug-likeness (QED) is 0.681. The first-order chi connectivity index (χ1) is 17.2. The summed E-state index contributed by atoms with van der Waals surface area (Å²) < 4.78 is 13.0. The minimum atomic E-state index is -1.05. The second-order valence-corrected chi connectivity index (χ2v) is 12.2. The van der Waals surface area contributed by atoms with Crippen molar-refractivity contribution in [1.29, 1.82) is 0 Å². The van der Waals surface area contributed by atoms with Crippen LogP contribution in [0.5, 0.6) is 0 Å². The van der Waals surface area contributed by atoms with E-state index >= 15 is 0 Å². The fourth-order valence-corrected chi connectivity index (χ4v) is 7.82. The summed E-state index contributed by atoms with van der Waals surface area (Å²) in [7, 11) is -1.05. The van der Waals surface area contributed by atoms with E-state index in [2.05, 4.69) is 25.8 Å². The summed E-state index contributed by atoms with van der Waals surface area (Å²) >= 11 is 0. The molecule has 2 saturated carbocycles. The average Bonchev–Trinajstić information content (AvgIpc) is 3.55. The Morgan fingerprint density at radius 2 is 1.91 bits per heavy atom. The first-order valence-electron chi connectivity index (χ1n) is 13.1. The van der Waals surface area contributed by atoms with E-state index in [1.807, 2.05) is 12.4 Å². The van der Waals surface area contributed by atoms with Gasteiger partial charge in [-0.1, -0.05) is 6.08 Å². The number of aliphatic hydroxyl groups excluding tert-OH is 1. The summed E-state index contributed by atoms with van der Waals surface area (Å²) in [5.74, 6) is 4.00. The molecule has 1 N–H and O–H groups in total. The molecule has 0 radical (unpaired) electrons. The van der Waals surface area contributed by atoms with Gasteiger partial charge in [0.1, 0.15) is 4.90 Å². The van der Waals surface area contributed by atoms with Crippen molar-refractivity contribution in [1.82, 2.24) is 19.9 Å². The predicted molar refractivity (Wildman–Crippen MR) is 135 cm³/mol. The number of anilines is 2. The largest absolute Gasteiger partial charge is 0.396 e. The maximum atomic E-state index is 13.0. The lowest BCUT2D eigenvalue weighted by atomic mass is 9.69. The fourth-order valence-electron chi connectivity index (χ4n) is 6.47. The van der Waals surface area contributed by atoms with E-state index in [0.29, 0.717) is 11.7 Å². The molecule has 0 unspecified atom stereocenters. The molecular formula is C26H32N6O2S. The number of aromatic nitrogens is 4. The second-order valence-electron chi connectivity index (χ2n) is 10.7. The van der Waals surface area contributed by atoms with Crippen molar-refractivity contribution in [2.45, 2.75) is 67.7 Å². The molecule has 2 aromatic heterocycles. The Bertz CT molecular complexity index is 1210. The van der Waals surface area contributed by atoms with Crippen molar-refractivity contribution in [2.24, 2.45) is 5.92 Å². The lowest BCUT2D eigenvalue weighted by Gasteiger charge is -2.50. The van der Waals surface area contributed by atoms with E-state index in [1.54, 1.807) is 0 Å². The molecule has 8 nitrogen and oxygen atoms in total. The van der Waals surface area contributed by atoms with Gasteiger partial charge in [0, 0.05) is 62.3 Å². The SMILES string of the molecule is O=[S@]1CCc2nc(N3CC=C(c4ncc(C5CC5)cn4)CC3)nc(N3CC[C@H](CO)C34CCC4)c21. The number of nitrogens with zero attached hydrogens (tertiary/aromatic N) is 6. The lowest BCUT2D eigenvalue weighted by Crippen LogP contribution is -2.55. The fraction of sp³-hybridized carbons (Fsp3) is 0.615. The average molecular weight is 493 g/mol. The van der Waals surface area contributed by atoms with Crippen LogP contribution in [0.25, 0.3) is 5.57 Å². The molecule has 2 aliphatic carbocycles. The molecule has 0 bridgehead atoms. The number of hydrogen-bond acceptors (Lipinski definition) is 8. The molecule has 0 aromatic carbocycles. The first-order valence-corrected chi connectivity index (χ1v) is 14.4. The van der Waals surface area contributed by atoms with Crippen LogP contribution in [0.4, 0.5) is 11.8 Å². The Balaban J connectivity index is 1.18. The van der Waals surface area contributed by atoms with Gasteiger partial charge in [0.15, 0.2) is 11.6 Å². The molecule has 7 rings (SSSR count). The molecule has 1 saturated heterocycles. The normalized spacial score (nSPS) is 27.2. The van der Waals surface area contributed by atoms with Gasteiger partial charge >= 0.3 is 0 Å². The van der Waals surface area contributed by atoms with Crippen molar-refractivity contribution < 1.29 is 9.32 Å². The van der Waals surface area contributed by atoms with E-state index in [1.165, 1.54) is 30.4 Å². The van der Waals surface area contributed by atoms with Crippen LogP contribution in [-0.2, 0) is 17.2 Å². The van der Waals surface area contributed by atoms with Gasteiger partial charge < -0.3 is 14.9 Å². The standard InChI is InChI=1S/C26H32N6O2S/c33-16-20-6-12-32(26(20)8-1-9-26)24-22-21(7-13-35(22)34)29-25(30-24)31-10-4-18(5-11-31)23-27-14-19(15-28-23)17-2-3-17/h4,14-15,17,20,33H,1-3,5-13,16H2/t20-,35+/m1/s1. The van der Waals surface area contributed by atoms with E-state index in [9.17, 15) is 9.32 Å². The van der Waals surface area contributed by atoms with E-state index in [-0.39, 0.29) is 18.1 Å². The number of aliphatic hydroxyl groups is 1. The van der Waals surface area contributed by atoms with Crippen LogP contribution in [0.1, 0.15) is 67.9 Å². The Hall–Kier alpha value is -2.39. The lowest BCUT2D eigenvalue weighted by molar-refractivity contribution is 0.114. The monoisotopic (exact) mass is 492 g/mol. The van der Waals surface area contributed by atoms with Crippen molar-refractivity contribution >= 4 is 28.1 Å². The molecule has 5 aliphatic rings. The van der Waals surface area contributed by atoms with Gasteiger partial charge in [-0.05, 0) is 62.0 Å². The first kappa shape index (κ1) is 21.9. The third-order valence-electron chi connectivity index (χ3n) is 8.85. The van der Waals surface area contributed by atoms with Gasteiger partial charge in [0.25, 0.3) is 0 Å². The van der Waals surface area contributed by atoms with Gasteiger partial charge in [-0.3, -0.25) is 4.21 Å². The minimum Gasteiger partial charge on any atom is -0.396 e. The van der Waals surface area contributed by atoms with Crippen LogP contribution in [-0.4, -0.2) is 66.8 Å². The van der Waals surface area contributed by atoms with Gasteiger partial charge in [0.05, 0.1) is 16.5 Å². The van der Waals surface area contributed by atoms with Gasteiger partial charge in [0.2, 0.25) is 5.95 Å². The highest BCUT2D eigenvalue weighted by molar-refractivity contribution is 7.85. The molecule has 3 aliphatic heterocycles. The Morgan fingerprint density at radius 3 is 2.57 bits per heavy atom. The molecule has 0 amide bonds. The van der Waals surface area contributed by atoms with Gasteiger partial charge in [-0.15, -0.1) is 0 Å². The highest BCUT2D eigenvalue weighted by Gasteiger charge is 2.53. The van der Waals surface area contributed by atoms with E-state index < -0.39 is 10.8 Å². The number of aryl methyl sites for hydroxylation is 1. The molecule has 2 atom stereocenters. The van der Waals surface area contributed by atoms with Crippen molar-refractivity contribution in [2.75, 3.05) is 41.8 Å². The van der Waals surface area contributed by atoms with E-state index in [4.69, 9.17) is 9.97 Å². The number of fused-ring (bicyclic) bond motifs is 1. The molecule has 35 heavy (non-hydrogen) atoms. The van der Waals surface area contributed by atoms with Crippen LogP contribution in [0.3, 0.4) is 0 Å². The molecule has 5 heterocycles. The highest BCUT2D eigenvalue weighted by Crippen LogP contribution is 2.52. The van der Waals surface area contributed by atoms with Crippen LogP contribution >= 0.6 is 0 Å². The molecule has 9 heteroatoms.